The van der Waals surface area contributed by atoms with Gasteiger partial charge in [-0.25, -0.2) is 9.78 Å². The van der Waals surface area contributed by atoms with E-state index in [1.165, 1.54) is 0 Å². The lowest BCUT2D eigenvalue weighted by Gasteiger charge is -2.11. The highest BCUT2D eigenvalue weighted by Gasteiger charge is 2.34. The Morgan fingerprint density at radius 1 is 1.33 bits per heavy atom. The van der Waals surface area contributed by atoms with Gasteiger partial charge in [-0.15, -0.1) is 0 Å². The molecule has 1 aliphatic rings. The lowest BCUT2D eigenvalue weighted by atomic mass is 10.2. The first-order valence-electron chi connectivity index (χ1n) is 8.12. The van der Waals surface area contributed by atoms with Crippen molar-refractivity contribution in [3.63, 3.8) is 0 Å². The van der Waals surface area contributed by atoms with Gasteiger partial charge in [0.1, 0.15) is 11.9 Å². The van der Waals surface area contributed by atoms with Crippen molar-refractivity contribution in [3.8, 4) is 0 Å². The summed E-state index contributed by atoms with van der Waals surface area (Å²) in [5.74, 6) is -0.260. The van der Waals surface area contributed by atoms with Crippen LogP contribution in [0.4, 0.5) is 0 Å². The maximum absolute atomic E-state index is 12.0. The summed E-state index contributed by atoms with van der Waals surface area (Å²) in [5.41, 5.74) is 2.06. The van der Waals surface area contributed by atoms with Crippen molar-refractivity contribution < 1.29 is 19.4 Å². The number of carbonyl (C=O) groups excluding carboxylic acids is 1. The number of nitrogens with one attached hydrogen (secondary N) is 1. The summed E-state index contributed by atoms with van der Waals surface area (Å²) in [7, 11) is 1.99. The van der Waals surface area contributed by atoms with Crippen molar-refractivity contribution in [2.75, 3.05) is 6.54 Å². The Kier molecular flexibility index (Phi) is 4.80. The number of carbonyl (C=O) groups is 2. The first-order valence-corrected chi connectivity index (χ1v) is 8.12. The number of carboxylic acids is 1. The highest BCUT2D eigenvalue weighted by atomic mass is 16.5. The number of amides is 1. The standard InChI is InChI=1S/C17H21N3O4/c1-20-12-6-3-2-5-11(12)19-15(20)7-4-10-18-16(21)13-8-9-14(24-13)17(22)23/h2-3,5-6,13-14H,4,7-10H2,1H3,(H,18,21)(H,22,23)/t13-,14+/m0/s1. The SMILES string of the molecule is Cn1c(CCCNC(=O)[C@@H]2CC[C@H](C(=O)O)O2)nc2ccccc21. The number of ether oxygens (including phenoxy) is 1. The molecule has 1 aliphatic heterocycles. The third kappa shape index (κ3) is 3.41. The molecule has 3 rings (SSSR count). The van der Waals surface area contributed by atoms with Gasteiger partial charge in [0.05, 0.1) is 11.0 Å². The predicted octanol–water partition coefficient (Wildman–Crippen LogP) is 1.25. The lowest BCUT2D eigenvalue weighted by Crippen LogP contribution is -2.36. The zero-order valence-electron chi connectivity index (χ0n) is 13.6. The Balaban J connectivity index is 1.46. The summed E-state index contributed by atoms with van der Waals surface area (Å²) < 4.78 is 7.30. The van der Waals surface area contributed by atoms with E-state index in [1.807, 2.05) is 31.3 Å². The molecule has 0 radical (unpaired) electrons. The van der Waals surface area contributed by atoms with Gasteiger partial charge in [-0.05, 0) is 31.4 Å². The molecule has 2 N–H and O–H groups in total. The number of fused-ring (bicyclic) bond motifs is 1. The van der Waals surface area contributed by atoms with E-state index in [0.717, 1.165) is 29.7 Å². The van der Waals surface area contributed by atoms with Crippen molar-refractivity contribution >= 4 is 22.9 Å². The van der Waals surface area contributed by atoms with Crippen molar-refractivity contribution in [2.45, 2.75) is 37.9 Å². The van der Waals surface area contributed by atoms with E-state index in [-0.39, 0.29) is 5.91 Å². The van der Waals surface area contributed by atoms with Crippen LogP contribution in [0, 0.1) is 0 Å². The number of hydrogen-bond acceptors (Lipinski definition) is 4. The molecule has 7 heteroatoms. The number of para-hydroxylation sites is 2. The van der Waals surface area contributed by atoms with Gasteiger partial charge in [0, 0.05) is 20.0 Å². The molecule has 0 saturated carbocycles. The Labute approximate surface area is 139 Å². The van der Waals surface area contributed by atoms with E-state index in [0.29, 0.717) is 19.4 Å². The Morgan fingerprint density at radius 3 is 2.79 bits per heavy atom. The zero-order valence-corrected chi connectivity index (χ0v) is 13.6. The molecule has 1 aromatic carbocycles. The second-order valence-electron chi connectivity index (χ2n) is 6.00. The summed E-state index contributed by atoms with van der Waals surface area (Å²) in [5, 5.41) is 11.7. The molecule has 0 spiro atoms. The second-order valence-corrected chi connectivity index (χ2v) is 6.00. The maximum Gasteiger partial charge on any atom is 0.332 e. The first kappa shape index (κ1) is 16.4. The molecule has 2 heterocycles. The van der Waals surface area contributed by atoms with Gasteiger partial charge in [0.15, 0.2) is 6.10 Å². The zero-order chi connectivity index (χ0) is 17.1. The number of hydrogen-bond donors (Lipinski definition) is 2. The molecule has 2 atom stereocenters. The van der Waals surface area contributed by atoms with Gasteiger partial charge in [0.25, 0.3) is 0 Å². The fourth-order valence-electron chi connectivity index (χ4n) is 3.00. The van der Waals surface area contributed by atoms with Gasteiger partial charge in [0.2, 0.25) is 5.91 Å². The van der Waals surface area contributed by atoms with Crippen LogP contribution in [0.25, 0.3) is 11.0 Å². The summed E-state index contributed by atoms with van der Waals surface area (Å²) in [4.78, 5) is 27.4. The van der Waals surface area contributed by atoms with Crippen LogP contribution in [0.5, 0.6) is 0 Å². The van der Waals surface area contributed by atoms with Gasteiger partial charge in [-0.1, -0.05) is 12.1 Å². The normalized spacial score (nSPS) is 20.4. The van der Waals surface area contributed by atoms with Crippen LogP contribution in [0.15, 0.2) is 24.3 Å². The minimum absolute atomic E-state index is 0.233. The maximum atomic E-state index is 12.0. The summed E-state index contributed by atoms with van der Waals surface area (Å²) >= 11 is 0. The molecule has 1 aromatic heterocycles. The molecule has 0 aliphatic carbocycles. The number of imidazole rings is 1. The van der Waals surface area contributed by atoms with Crippen LogP contribution in [0.2, 0.25) is 0 Å². The average molecular weight is 331 g/mol. The monoisotopic (exact) mass is 331 g/mol. The average Bonchev–Trinajstić information content (AvgIpc) is 3.18. The largest absolute Gasteiger partial charge is 0.479 e. The van der Waals surface area contributed by atoms with Crippen molar-refractivity contribution in [1.82, 2.24) is 14.9 Å². The lowest BCUT2D eigenvalue weighted by molar-refractivity contribution is -0.151. The molecule has 1 amide bonds. The minimum atomic E-state index is -1.01. The fourth-order valence-corrected chi connectivity index (χ4v) is 3.00. The van der Waals surface area contributed by atoms with E-state index in [9.17, 15) is 9.59 Å². The van der Waals surface area contributed by atoms with Gasteiger partial charge in [-0.2, -0.15) is 0 Å². The minimum Gasteiger partial charge on any atom is -0.479 e. The van der Waals surface area contributed by atoms with Gasteiger partial charge in [-0.3, -0.25) is 4.79 Å². The molecule has 0 unspecified atom stereocenters. The number of rotatable bonds is 6. The number of aryl methyl sites for hydroxylation is 2. The number of carboxylic acid groups (broad SMARTS) is 1. The van der Waals surface area contributed by atoms with E-state index in [1.54, 1.807) is 0 Å². The van der Waals surface area contributed by atoms with Crippen molar-refractivity contribution in [3.05, 3.63) is 30.1 Å². The van der Waals surface area contributed by atoms with E-state index < -0.39 is 18.2 Å². The van der Waals surface area contributed by atoms with Crippen molar-refractivity contribution in [2.24, 2.45) is 7.05 Å². The molecule has 2 aromatic rings. The van der Waals surface area contributed by atoms with Crippen molar-refractivity contribution in [1.29, 1.82) is 0 Å². The van der Waals surface area contributed by atoms with E-state index in [4.69, 9.17) is 9.84 Å². The quantitative estimate of drug-likeness (QED) is 0.777. The van der Waals surface area contributed by atoms with Crippen LogP contribution in [0.1, 0.15) is 25.1 Å². The Morgan fingerprint density at radius 2 is 2.08 bits per heavy atom. The smallest absolute Gasteiger partial charge is 0.332 e. The molecular weight excluding hydrogens is 310 g/mol. The van der Waals surface area contributed by atoms with Gasteiger partial charge < -0.3 is 19.7 Å². The van der Waals surface area contributed by atoms with Crippen LogP contribution in [-0.4, -0.2) is 45.3 Å². The summed E-state index contributed by atoms with van der Waals surface area (Å²) in [6, 6.07) is 7.96. The van der Waals surface area contributed by atoms with Gasteiger partial charge >= 0.3 is 5.97 Å². The number of benzene rings is 1. The molecule has 24 heavy (non-hydrogen) atoms. The van der Waals surface area contributed by atoms with E-state index >= 15 is 0 Å². The summed E-state index contributed by atoms with van der Waals surface area (Å²) in [6.07, 6.45) is 0.843. The predicted molar refractivity (Wildman–Crippen MR) is 87.6 cm³/mol. The van der Waals surface area contributed by atoms with E-state index in [2.05, 4.69) is 14.9 Å². The fraction of sp³-hybridized carbons (Fsp3) is 0.471. The Bertz CT molecular complexity index is 755. The Hall–Kier alpha value is -2.41. The molecule has 0 bridgehead atoms. The number of aliphatic carboxylic acids is 1. The third-order valence-electron chi connectivity index (χ3n) is 4.34. The molecule has 7 nitrogen and oxygen atoms in total. The molecule has 1 fully saturated rings. The highest BCUT2D eigenvalue weighted by molar-refractivity contribution is 5.82. The number of nitrogens with zero attached hydrogens (tertiary/aromatic N) is 2. The highest BCUT2D eigenvalue weighted by Crippen LogP contribution is 2.20. The van der Waals surface area contributed by atoms with Crippen LogP contribution >= 0.6 is 0 Å². The molecule has 1 saturated heterocycles. The third-order valence-corrected chi connectivity index (χ3v) is 4.34. The van der Waals surface area contributed by atoms with Crippen LogP contribution < -0.4 is 5.32 Å². The number of aromatic nitrogens is 2. The summed E-state index contributed by atoms with van der Waals surface area (Å²) in [6.45, 7) is 0.514. The molecular formula is C17H21N3O4. The van der Waals surface area contributed by atoms with Crippen LogP contribution in [-0.2, 0) is 27.8 Å². The second kappa shape index (κ2) is 7.00. The molecule has 128 valence electrons. The van der Waals surface area contributed by atoms with Crippen LogP contribution in [0.3, 0.4) is 0 Å². The topological polar surface area (TPSA) is 93.5 Å². The first-order chi connectivity index (χ1) is 11.6.